The van der Waals surface area contributed by atoms with Crippen molar-refractivity contribution in [3.05, 3.63) is 35.4 Å². The highest BCUT2D eigenvalue weighted by molar-refractivity contribution is 5.92. The minimum Gasteiger partial charge on any atom is -0.550 e. The normalized spacial score (nSPS) is 10.9. The first-order valence-corrected chi connectivity index (χ1v) is 8.90. The molecule has 0 saturated carbocycles. The van der Waals surface area contributed by atoms with Crippen LogP contribution in [0.3, 0.4) is 0 Å². The first-order chi connectivity index (χ1) is 13.0. The van der Waals surface area contributed by atoms with Gasteiger partial charge in [-0.2, -0.15) is 0 Å². The first-order valence-electron chi connectivity index (χ1n) is 8.90. The van der Waals surface area contributed by atoms with Gasteiger partial charge < -0.3 is 19.4 Å². The molecule has 0 aromatic heterocycles. The van der Waals surface area contributed by atoms with Gasteiger partial charge >= 0.3 is 12.2 Å². The second-order valence-corrected chi connectivity index (χ2v) is 8.19. The molecule has 0 aliphatic carbocycles. The van der Waals surface area contributed by atoms with Crippen LogP contribution in [0.4, 0.5) is 9.59 Å². The maximum atomic E-state index is 12.4. The second kappa shape index (κ2) is 10.4. The number of aliphatic carboxylic acids is 1. The SMILES string of the molecule is CC(=O)[O-].CC(C)(C)OC(=O)N(Cc1ccc(C(N)=[NH2+])cc1)C(=O)OC(C)(C)C. The Morgan fingerprint density at radius 2 is 1.31 bits per heavy atom. The van der Waals surface area contributed by atoms with Crippen molar-refractivity contribution in [2.45, 2.75) is 66.2 Å². The summed E-state index contributed by atoms with van der Waals surface area (Å²) in [6.45, 7) is 11.4. The maximum absolute atomic E-state index is 12.4. The Morgan fingerprint density at radius 1 is 0.966 bits per heavy atom. The van der Waals surface area contributed by atoms with Crippen molar-refractivity contribution >= 4 is 24.0 Å². The highest BCUT2D eigenvalue weighted by atomic mass is 16.6. The molecule has 0 saturated heterocycles. The third-order valence-corrected chi connectivity index (χ3v) is 2.86. The predicted octanol–water partition coefficient (Wildman–Crippen LogP) is 0.579. The third kappa shape index (κ3) is 12.1. The molecule has 4 N–H and O–H groups in total. The van der Waals surface area contributed by atoms with Crippen LogP contribution in [0.2, 0.25) is 0 Å². The van der Waals surface area contributed by atoms with E-state index in [0.717, 1.165) is 11.8 Å². The number of hydrogen-bond donors (Lipinski definition) is 2. The van der Waals surface area contributed by atoms with E-state index < -0.39 is 29.4 Å². The fraction of sp³-hybridized carbons (Fsp3) is 0.500. The van der Waals surface area contributed by atoms with E-state index in [-0.39, 0.29) is 12.4 Å². The van der Waals surface area contributed by atoms with Crippen molar-refractivity contribution in [3.8, 4) is 0 Å². The molecule has 29 heavy (non-hydrogen) atoms. The largest absolute Gasteiger partial charge is 0.550 e. The van der Waals surface area contributed by atoms with Crippen LogP contribution in [0.1, 0.15) is 59.6 Å². The highest BCUT2D eigenvalue weighted by Gasteiger charge is 2.31. The third-order valence-electron chi connectivity index (χ3n) is 2.86. The number of hydrogen-bond acceptors (Lipinski definition) is 6. The van der Waals surface area contributed by atoms with Gasteiger partial charge in [0, 0.05) is 5.97 Å². The Bertz CT molecular complexity index is 698. The summed E-state index contributed by atoms with van der Waals surface area (Å²) in [6.07, 6.45) is -1.54. The van der Waals surface area contributed by atoms with Crippen molar-refractivity contribution in [3.63, 3.8) is 0 Å². The zero-order valence-corrected chi connectivity index (χ0v) is 18.1. The van der Waals surface area contributed by atoms with E-state index >= 15 is 0 Å². The Morgan fingerprint density at radius 3 is 1.59 bits per heavy atom. The number of ether oxygens (including phenoxy) is 2. The van der Waals surface area contributed by atoms with Crippen LogP contribution in [-0.4, -0.2) is 40.1 Å². The average Bonchev–Trinajstić information content (AvgIpc) is 2.48. The van der Waals surface area contributed by atoms with Crippen LogP contribution in [0.15, 0.2) is 24.3 Å². The zero-order chi connectivity index (χ0) is 23.0. The summed E-state index contributed by atoms with van der Waals surface area (Å²) in [5.74, 6) is -0.886. The molecule has 0 bridgehead atoms. The molecule has 0 spiro atoms. The summed E-state index contributed by atoms with van der Waals surface area (Å²) in [6, 6.07) is 6.90. The number of carbonyl (C=O) groups is 3. The molecule has 1 rings (SSSR count). The standard InChI is InChI=1S/C18H27N3O4.C2H4O2/c1-17(2,3)24-15(22)21(16(23)25-18(4,5)6)11-12-7-9-13(10-8-12)14(19)20;1-2(3)4/h7-10H,11H2,1-6H3,(H3,19,20);1H3,(H,3,4). The number of amides is 2. The molecule has 1 aromatic rings. The monoisotopic (exact) mass is 409 g/mol. The first kappa shape index (κ1) is 25.9. The van der Waals surface area contributed by atoms with Gasteiger partial charge in [-0.05, 0) is 66.2 Å². The Labute approximate surface area is 171 Å². The molecule has 0 fully saturated rings. The molecular formula is C20H31N3O6. The van der Waals surface area contributed by atoms with E-state index in [9.17, 15) is 9.59 Å². The number of carboxylic acids is 1. The molecule has 0 radical (unpaired) electrons. The summed E-state index contributed by atoms with van der Waals surface area (Å²) in [4.78, 5) is 34.7. The molecule has 9 nitrogen and oxygen atoms in total. The Hall–Kier alpha value is -3.10. The molecule has 1 aromatic carbocycles. The second-order valence-electron chi connectivity index (χ2n) is 8.19. The molecule has 0 aliphatic rings. The van der Waals surface area contributed by atoms with Gasteiger partial charge in [-0.25, -0.2) is 14.5 Å². The minimum absolute atomic E-state index is 0.00851. The quantitative estimate of drug-likeness (QED) is 0.548. The lowest BCUT2D eigenvalue weighted by Gasteiger charge is -2.28. The van der Waals surface area contributed by atoms with Gasteiger partial charge in [-0.15, -0.1) is 0 Å². The van der Waals surface area contributed by atoms with E-state index in [0.29, 0.717) is 11.1 Å². The van der Waals surface area contributed by atoms with Crippen molar-refractivity contribution in [1.82, 2.24) is 4.90 Å². The number of imide groups is 1. The van der Waals surface area contributed by atoms with Gasteiger partial charge in [0.2, 0.25) is 0 Å². The maximum Gasteiger partial charge on any atom is 0.420 e. The molecule has 0 unspecified atom stereocenters. The van der Waals surface area contributed by atoms with Crippen LogP contribution in [0.5, 0.6) is 0 Å². The van der Waals surface area contributed by atoms with Crippen molar-refractivity contribution in [1.29, 1.82) is 0 Å². The highest BCUT2D eigenvalue weighted by Crippen LogP contribution is 2.17. The van der Waals surface area contributed by atoms with Crippen LogP contribution < -0.4 is 16.2 Å². The van der Waals surface area contributed by atoms with Crippen LogP contribution in [0, 0.1) is 0 Å². The number of rotatable bonds is 3. The lowest BCUT2D eigenvalue weighted by molar-refractivity contribution is -0.302. The number of benzene rings is 1. The van der Waals surface area contributed by atoms with Crippen LogP contribution in [0.25, 0.3) is 0 Å². The number of nitrogens with two attached hydrogens (primary N) is 2. The smallest absolute Gasteiger partial charge is 0.420 e. The van der Waals surface area contributed by atoms with Crippen LogP contribution in [-0.2, 0) is 20.8 Å². The number of carboxylic acid groups (broad SMARTS) is 1. The van der Waals surface area contributed by atoms with E-state index in [1.165, 1.54) is 0 Å². The summed E-state index contributed by atoms with van der Waals surface area (Å²) in [5.41, 5.74) is 5.45. The molecule has 2 amide bonds. The molecule has 9 heteroatoms. The fourth-order valence-corrected chi connectivity index (χ4v) is 1.82. The van der Waals surface area contributed by atoms with Crippen molar-refractivity contribution in [2.75, 3.05) is 0 Å². The summed E-state index contributed by atoms with van der Waals surface area (Å²) < 4.78 is 10.6. The predicted molar refractivity (Wildman–Crippen MR) is 105 cm³/mol. The molecule has 0 aliphatic heterocycles. The topological polar surface area (TPSA) is 148 Å². The van der Waals surface area contributed by atoms with Gasteiger partial charge in [0.25, 0.3) is 5.84 Å². The van der Waals surface area contributed by atoms with Gasteiger partial charge in [0.15, 0.2) is 0 Å². The minimum atomic E-state index is -1.08. The lowest BCUT2D eigenvalue weighted by Crippen LogP contribution is -2.46. The number of nitrogens with zero attached hydrogens (tertiary/aromatic N) is 1. The van der Waals surface area contributed by atoms with Crippen LogP contribution >= 0.6 is 0 Å². The summed E-state index contributed by atoms with van der Waals surface area (Å²) in [7, 11) is 0. The van der Waals surface area contributed by atoms with E-state index in [2.05, 4.69) is 0 Å². The summed E-state index contributed by atoms with van der Waals surface area (Å²) in [5, 5.41) is 14.4. The van der Waals surface area contributed by atoms with Gasteiger partial charge in [-0.1, -0.05) is 12.1 Å². The Balaban J connectivity index is 0.00000178. The molecule has 162 valence electrons. The fourth-order valence-electron chi connectivity index (χ4n) is 1.82. The van der Waals surface area contributed by atoms with Gasteiger partial charge in [0.05, 0.1) is 12.1 Å². The lowest BCUT2D eigenvalue weighted by atomic mass is 10.1. The van der Waals surface area contributed by atoms with Gasteiger partial charge in [0.1, 0.15) is 11.2 Å². The molecule has 0 heterocycles. The van der Waals surface area contributed by atoms with Crippen molar-refractivity contribution < 1.29 is 34.4 Å². The van der Waals surface area contributed by atoms with Crippen molar-refractivity contribution in [2.24, 2.45) is 5.73 Å². The van der Waals surface area contributed by atoms with Gasteiger partial charge in [-0.3, -0.25) is 11.1 Å². The number of amidine groups is 1. The summed E-state index contributed by atoms with van der Waals surface area (Å²) >= 11 is 0. The Kier molecular flexibility index (Phi) is 9.33. The molecular weight excluding hydrogens is 378 g/mol. The van der Waals surface area contributed by atoms with E-state index in [1.54, 1.807) is 65.8 Å². The molecule has 0 atom stereocenters. The number of carbonyl (C=O) groups excluding carboxylic acids is 3. The van der Waals surface area contributed by atoms with E-state index in [4.69, 9.17) is 30.5 Å². The van der Waals surface area contributed by atoms with E-state index in [1.807, 2.05) is 0 Å². The average molecular weight is 409 g/mol. The zero-order valence-electron chi connectivity index (χ0n) is 18.1.